The summed E-state index contributed by atoms with van der Waals surface area (Å²) >= 11 is 0. The molecular weight excluding hydrogens is 256 g/mol. The Morgan fingerprint density at radius 3 is 2.75 bits per heavy atom. The zero-order valence-corrected chi connectivity index (χ0v) is 10.5. The number of benzene rings is 2. The van der Waals surface area contributed by atoms with E-state index in [1.54, 1.807) is 36.4 Å². The number of aromatic carboxylic acids is 1. The lowest BCUT2D eigenvalue weighted by Crippen LogP contribution is -2.09. The summed E-state index contributed by atoms with van der Waals surface area (Å²) in [5.41, 5.74) is 6.87. The first-order valence-corrected chi connectivity index (χ1v) is 5.85. The van der Waals surface area contributed by atoms with Gasteiger partial charge in [0.25, 0.3) is 0 Å². The number of nitriles is 1. The summed E-state index contributed by atoms with van der Waals surface area (Å²) in [6, 6.07) is 13.5. The minimum absolute atomic E-state index is 0.0453. The van der Waals surface area contributed by atoms with Gasteiger partial charge in [0.2, 0.25) is 0 Å². The number of nitrogens with zero attached hydrogens (tertiary/aromatic N) is 1. The number of carboxylic acid groups (broad SMARTS) is 1. The third-order valence-electron chi connectivity index (χ3n) is 2.75. The van der Waals surface area contributed by atoms with Crippen LogP contribution >= 0.6 is 0 Å². The molecule has 0 amide bonds. The molecule has 2 aromatic rings. The second-order valence-corrected chi connectivity index (χ2v) is 4.11. The molecule has 0 saturated carbocycles. The van der Waals surface area contributed by atoms with Crippen LogP contribution in [0.1, 0.15) is 21.5 Å². The van der Waals surface area contributed by atoms with Crippen LogP contribution in [0.3, 0.4) is 0 Å². The number of rotatable bonds is 4. The quantitative estimate of drug-likeness (QED) is 0.830. The highest BCUT2D eigenvalue weighted by atomic mass is 16.5. The summed E-state index contributed by atoms with van der Waals surface area (Å²) in [5, 5.41) is 17.9. The molecule has 0 aliphatic rings. The summed E-state index contributed by atoms with van der Waals surface area (Å²) in [5.74, 6) is -0.588. The number of nitrogen functional groups attached to an aromatic ring is 1. The average molecular weight is 268 g/mol. The number of hydrogen-bond donors (Lipinski definition) is 2. The van der Waals surface area contributed by atoms with Crippen molar-refractivity contribution >= 4 is 11.7 Å². The van der Waals surface area contributed by atoms with Gasteiger partial charge < -0.3 is 15.6 Å². The molecule has 100 valence electrons. The average Bonchev–Trinajstić information content (AvgIpc) is 2.45. The van der Waals surface area contributed by atoms with Crippen LogP contribution in [0, 0.1) is 11.3 Å². The maximum absolute atomic E-state index is 11.2. The second kappa shape index (κ2) is 5.76. The van der Waals surface area contributed by atoms with Crippen LogP contribution in [-0.2, 0) is 6.61 Å². The van der Waals surface area contributed by atoms with Crippen molar-refractivity contribution in [3.8, 4) is 11.8 Å². The zero-order valence-electron chi connectivity index (χ0n) is 10.5. The predicted molar refractivity (Wildman–Crippen MR) is 73.3 cm³/mol. The normalized spacial score (nSPS) is 9.75. The lowest BCUT2D eigenvalue weighted by atomic mass is 10.1. The monoisotopic (exact) mass is 268 g/mol. The Labute approximate surface area is 115 Å². The van der Waals surface area contributed by atoms with Crippen molar-refractivity contribution in [3.63, 3.8) is 0 Å². The molecule has 0 aliphatic carbocycles. The van der Waals surface area contributed by atoms with Crippen LogP contribution in [-0.4, -0.2) is 11.1 Å². The summed E-state index contributed by atoms with van der Waals surface area (Å²) in [4.78, 5) is 11.2. The van der Waals surface area contributed by atoms with Crippen molar-refractivity contribution in [1.82, 2.24) is 0 Å². The Balaban J connectivity index is 2.21. The minimum Gasteiger partial charge on any atom is -0.489 e. The van der Waals surface area contributed by atoms with Gasteiger partial charge in [0.1, 0.15) is 12.4 Å². The first-order chi connectivity index (χ1) is 9.61. The van der Waals surface area contributed by atoms with Gasteiger partial charge in [0.15, 0.2) is 0 Å². The molecule has 0 saturated heterocycles. The maximum atomic E-state index is 11.2. The Bertz CT molecular complexity index is 690. The van der Waals surface area contributed by atoms with E-state index in [4.69, 9.17) is 20.8 Å². The van der Waals surface area contributed by atoms with E-state index >= 15 is 0 Å². The fourth-order valence-electron chi connectivity index (χ4n) is 1.82. The Kier molecular flexibility index (Phi) is 3.87. The van der Waals surface area contributed by atoms with Gasteiger partial charge in [-0.3, -0.25) is 0 Å². The molecule has 3 N–H and O–H groups in total. The van der Waals surface area contributed by atoms with Crippen molar-refractivity contribution in [2.75, 3.05) is 5.73 Å². The summed E-state index contributed by atoms with van der Waals surface area (Å²) in [6.07, 6.45) is 0. The largest absolute Gasteiger partial charge is 0.489 e. The van der Waals surface area contributed by atoms with Crippen molar-refractivity contribution in [2.24, 2.45) is 0 Å². The molecule has 0 unspecified atom stereocenters. The number of ether oxygens (including phenoxy) is 1. The molecule has 0 spiro atoms. The molecular formula is C15H12N2O3. The van der Waals surface area contributed by atoms with Crippen LogP contribution in [0.4, 0.5) is 5.69 Å². The van der Waals surface area contributed by atoms with Crippen LogP contribution < -0.4 is 10.5 Å². The second-order valence-electron chi connectivity index (χ2n) is 4.11. The number of anilines is 1. The van der Waals surface area contributed by atoms with Crippen molar-refractivity contribution in [3.05, 3.63) is 59.2 Å². The van der Waals surface area contributed by atoms with E-state index in [9.17, 15) is 4.79 Å². The molecule has 5 nitrogen and oxygen atoms in total. The SMILES string of the molecule is N#Cc1cccc(OCc2cccc(N)c2C(=O)O)c1. The highest BCUT2D eigenvalue weighted by molar-refractivity contribution is 5.95. The molecule has 0 radical (unpaired) electrons. The van der Waals surface area contributed by atoms with Gasteiger partial charge in [-0.25, -0.2) is 4.79 Å². The molecule has 0 aromatic heterocycles. The van der Waals surface area contributed by atoms with Gasteiger partial charge in [-0.15, -0.1) is 0 Å². The Morgan fingerprint density at radius 1 is 1.30 bits per heavy atom. The maximum Gasteiger partial charge on any atom is 0.338 e. The third-order valence-corrected chi connectivity index (χ3v) is 2.75. The minimum atomic E-state index is -1.09. The van der Waals surface area contributed by atoms with Crippen LogP contribution in [0.15, 0.2) is 42.5 Å². The van der Waals surface area contributed by atoms with Crippen LogP contribution in [0.2, 0.25) is 0 Å². The molecule has 2 aromatic carbocycles. The standard InChI is InChI=1S/C15H12N2O3/c16-8-10-3-1-5-12(7-10)20-9-11-4-2-6-13(17)14(11)15(18)19/h1-7H,9,17H2,(H,18,19). The Morgan fingerprint density at radius 2 is 2.05 bits per heavy atom. The fourth-order valence-corrected chi connectivity index (χ4v) is 1.82. The van der Waals surface area contributed by atoms with Gasteiger partial charge in [0.05, 0.1) is 17.2 Å². The number of carbonyl (C=O) groups is 1. The number of carboxylic acids is 1. The van der Waals surface area contributed by atoms with Gasteiger partial charge in [-0.2, -0.15) is 5.26 Å². The van der Waals surface area contributed by atoms with E-state index in [0.717, 1.165) is 0 Å². The van der Waals surface area contributed by atoms with Gasteiger partial charge in [0, 0.05) is 11.3 Å². The smallest absolute Gasteiger partial charge is 0.338 e. The van der Waals surface area contributed by atoms with E-state index in [-0.39, 0.29) is 17.9 Å². The highest BCUT2D eigenvalue weighted by Crippen LogP contribution is 2.20. The molecule has 2 rings (SSSR count). The van der Waals surface area contributed by atoms with E-state index in [2.05, 4.69) is 0 Å². The van der Waals surface area contributed by atoms with Crippen molar-refractivity contribution in [1.29, 1.82) is 5.26 Å². The van der Waals surface area contributed by atoms with E-state index in [1.807, 2.05) is 6.07 Å². The van der Waals surface area contributed by atoms with Gasteiger partial charge in [-0.1, -0.05) is 18.2 Å². The molecule has 20 heavy (non-hydrogen) atoms. The Hall–Kier alpha value is -3.00. The van der Waals surface area contributed by atoms with Gasteiger partial charge in [-0.05, 0) is 24.3 Å². The number of hydrogen-bond acceptors (Lipinski definition) is 4. The lowest BCUT2D eigenvalue weighted by Gasteiger charge is -2.10. The van der Waals surface area contributed by atoms with Crippen molar-refractivity contribution in [2.45, 2.75) is 6.61 Å². The van der Waals surface area contributed by atoms with Crippen molar-refractivity contribution < 1.29 is 14.6 Å². The first-order valence-electron chi connectivity index (χ1n) is 5.85. The molecule has 0 heterocycles. The molecule has 5 heteroatoms. The fraction of sp³-hybridized carbons (Fsp3) is 0.0667. The highest BCUT2D eigenvalue weighted by Gasteiger charge is 2.13. The topological polar surface area (TPSA) is 96.3 Å². The summed E-state index contributed by atoms with van der Waals surface area (Å²) in [6.45, 7) is 0.0710. The molecule has 0 fully saturated rings. The lowest BCUT2D eigenvalue weighted by molar-refractivity contribution is 0.0695. The van der Waals surface area contributed by atoms with E-state index in [0.29, 0.717) is 16.9 Å². The summed E-state index contributed by atoms with van der Waals surface area (Å²) < 4.78 is 5.51. The predicted octanol–water partition coefficient (Wildman–Crippen LogP) is 2.42. The molecule has 0 atom stereocenters. The van der Waals surface area contributed by atoms with Crippen LogP contribution in [0.25, 0.3) is 0 Å². The third kappa shape index (κ3) is 2.87. The molecule has 0 aliphatic heterocycles. The first kappa shape index (κ1) is 13.4. The van der Waals surface area contributed by atoms with E-state index < -0.39 is 5.97 Å². The zero-order chi connectivity index (χ0) is 14.5. The molecule has 0 bridgehead atoms. The van der Waals surface area contributed by atoms with E-state index in [1.165, 1.54) is 6.07 Å². The van der Waals surface area contributed by atoms with Crippen LogP contribution in [0.5, 0.6) is 5.75 Å². The van der Waals surface area contributed by atoms with Gasteiger partial charge >= 0.3 is 5.97 Å². The summed E-state index contributed by atoms with van der Waals surface area (Å²) in [7, 11) is 0. The number of nitrogens with two attached hydrogens (primary N) is 1.